The topological polar surface area (TPSA) is 111 Å². The first-order valence-electron chi connectivity index (χ1n) is 6.28. The number of rotatable bonds is 4. The first kappa shape index (κ1) is 14.6. The van der Waals surface area contributed by atoms with E-state index in [1.54, 1.807) is 6.92 Å². The van der Waals surface area contributed by atoms with Crippen LogP contribution in [0.25, 0.3) is 0 Å². The molecule has 8 nitrogen and oxygen atoms in total. The first-order chi connectivity index (χ1) is 9.88. The van der Waals surface area contributed by atoms with Gasteiger partial charge in [0.25, 0.3) is 11.6 Å². The summed E-state index contributed by atoms with van der Waals surface area (Å²) in [5, 5.41) is 17.0. The number of carbonyl (C=O) groups excluding carboxylic acids is 1. The highest BCUT2D eigenvalue weighted by molar-refractivity contribution is 6.03. The number of nitro groups is 1. The lowest BCUT2D eigenvalue weighted by Gasteiger charge is -2.02. The number of hydrogen-bond donors (Lipinski definition) is 1. The fourth-order valence-electron chi connectivity index (χ4n) is 1.64. The lowest BCUT2D eigenvalue weighted by Crippen LogP contribution is -2.12. The van der Waals surface area contributed by atoms with Gasteiger partial charge in [0.2, 0.25) is 0 Å². The zero-order chi connectivity index (χ0) is 15.6. The molecule has 1 amide bonds. The summed E-state index contributed by atoms with van der Waals surface area (Å²) in [5.74, 6) is -0.00268. The van der Waals surface area contributed by atoms with Crippen molar-refractivity contribution in [2.45, 2.75) is 26.7 Å². The Morgan fingerprint density at radius 3 is 2.71 bits per heavy atom. The number of amides is 1. The Kier molecular flexibility index (Phi) is 3.97. The van der Waals surface area contributed by atoms with Crippen molar-refractivity contribution in [2.24, 2.45) is 0 Å². The van der Waals surface area contributed by atoms with E-state index in [-0.39, 0.29) is 23.2 Å². The Bertz CT molecular complexity index is 693. The molecule has 1 heterocycles. The summed E-state index contributed by atoms with van der Waals surface area (Å²) in [6.45, 7) is 5.38. The van der Waals surface area contributed by atoms with E-state index in [2.05, 4.69) is 15.5 Å². The van der Waals surface area contributed by atoms with Crippen molar-refractivity contribution in [2.75, 3.05) is 5.32 Å². The van der Waals surface area contributed by atoms with Gasteiger partial charge in [-0.1, -0.05) is 25.1 Å². The number of nitrogens with zero attached hydrogens (tertiary/aromatic N) is 3. The molecule has 0 bridgehead atoms. The largest absolute Gasteiger partial charge is 0.328 e. The summed E-state index contributed by atoms with van der Waals surface area (Å²) >= 11 is 0. The number of carbonyl (C=O) groups is 1. The molecule has 0 atom stereocenters. The molecular weight excluding hydrogens is 276 g/mol. The van der Waals surface area contributed by atoms with Crippen molar-refractivity contribution in [3.63, 3.8) is 0 Å². The average molecular weight is 290 g/mol. The van der Waals surface area contributed by atoms with Crippen LogP contribution >= 0.6 is 0 Å². The van der Waals surface area contributed by atoms with Crippen molar-refractivity contribution < 1.29 is 14.2 Å². The number of anilines is 1. The molecule has 0 radical (unpaired) electrons. The molecule has 0 aliphatic rings. The number of hydrogen-bond acceptors (Lipinski definition) is 6. The van der Waals surface area contributed by atoms with Gasteiger partial charge < -0.3 is 4.52 Å². The number of nitro benzene ring substituents is 1. The SMILES string of the molecule is Cc1ccc(C(=O)Nc2nc(C(C)C)no2)cc1[N+](=O)[O-]. The maximum atomic E-state index is 12.0. The van der Waals surface area contributed by atoms with Crippen molar-refractivity contribution in [3.05, 3.63) is 45.3 Å². The van der Waals surface area contributed by atoms with E-state index < -0.39 is 10.8 Å². The van der Waals surface area contributed by atoms with Crippen LogP contribution in [0.1, 0.15) is 41.5 Å². The maximum absolute atomic E-state index is 12.0. The van der Waals surface area contributed by atoms with E-state index in [1.165, 1.54) is 18.2 Å². The third-order valence-corrected chi connectivity index (χ3v) is 2.85. The first-order valence-corrected chi connectivity index (χ1v) is 6.28. The molecule has 0 saturated heterocycles. The minimum Gasteiger partial charge on any atom is -0.315 e. The molecule has 2 rings (SSSR count). The van der Waals surface area contributed by atoms with E-state index in [1.807, 2.05) is 13.8 Å². The highest BCUT2D eigenvalue weighted by atomic mass is 16.6. The minimum atomic E-state index is -0.544. The maximum Gasteiger partial charge on any atom is 0.328 e. The summed E-state index contributed by atoms with van der Waals surface area (Å²) in [7, 11) is 0. The van der Waals surface area contributed by atoms with Gasteiger partial charge in [-0.25, -0.2) is 0 Å². The minimum absolute atomic E-state index is 0.0353. The normalized spacial score (nSPS) is 10.7. The molecule has 2 aromatic rings. The Balaban J connectivity index is 2.20. The smallest absolute Gasteiger partial charge is 0.315 e. The van der Waals surface area contributed by atoms with Crippen molar-refractivity contribution in [1.29, 1.82) is 0 Å². The lowest BCUT2D eigenvalue weighted by molar-refractivity contribution is -0.385. The van der Waals surface area contributed by atoms with Crippen LogP contribution in [0.2, 0.25) is 0 Å². The van der Waals surface area contributed by atoms with Gasteiger partial charge in [0.05, 0.1) is 4.92 Å². The molecule has 0 unspecified atom stereocenters. The molecule has 0 aliphatic heterocycles. The predicted octanol–water partition coefficient (Wildman–Crippen LogP) is 2.66. The van der Waals surface area contributed by atoms with Gasteiger partial charge in [0.15, 0.2) is 5.82 Å². The Morgan fingerprint density at radius 1 is 1.43 bits per heavy atom. The van der Waals surface area contributed by atoms with E-state index in [0.717, 1.165) is 0 Å². The molecule has 0 fully saturated rings. The molecular formula is C13H14N4O4. The van der Waals surface area contributed by atoms with Gasteiger partial charge >= 0.3 is 6.01 Å². The average Bonchev–Trinajstić information content (AvgIpc) is 2.87. The van der Waals surface area contributed by atoms with Crippen molar-refractivity contribution in [3.8, 4) is 0 Å². The van der Waals surface area contributed by atoms with Gasteiger partial charge in [0.1, 0.15) is 0 Å². The summed E-state index contributed by atoms with van der Waals surface area (Å²) < 4.78 is 4.89. The standard InChI is InChI=1S/C13H14N4O4/c1-7(2)11-14-13(21-16-11)15-12(18)9-5-4-8(3)10(6-9)17(19)20/h4-7H,1-3H3,(H,14,15,16,18). The van der Waals surface area contributed by atoms with E-state index in [0.29, 0.717) is 11.4 Å². The summed E-state index contributed by atoms with van der Waals surface area (Å²) in [5.41, 5.74) is 0.518. The zero-order valence-corrected chi connectivity index (χ0v) is 11.8. The van der Waals surface area contributed by atoms with Crippen LogP contribution in [-0.2, 0) is 0 Å². The van der Waals surface area contributed by atoms with Crippen molar-refractivity contribution in [1.82, 2.24) is 10.1 Å². The molecule has 0 saturated carbocycles. The molecule has 1 N–H and O–H groups in total. The molecule has 21 heavy (non-hydrogen) atoms. The second-order valence-electron chi connectivity index (χ2n) is 4.82. The fourth-order valence-corrected chi connectivity index (χ4v) is 1.64. The van der Waals surface area contributed by atoms with Crippen LogP contribution in [0.5, 0.6) is 0 Å². The Morgan fingerprint density at radius 2 is 2.14 bits per heavy atom. The van der Waals surface area contributed by atoms with E-state index in [9.17, 15) is 14.9 Å². The highest BCUT2D eigenvalue weighted by Crippen LogP contribution is 2.20. The molecule has 110 valence electrons. The number of aryl methyl sites for hydroxylation is 1. The van der Waals surface area contributed by atoms with Gasteiger partial charge in [0, 0.05) is 23.1 Å². The quantitative estimate of drug-likeness (QED) is 0.684. The Labute approximate surface area is 120 Å². The Hall–Kier alpha value is -2.77. The molecule has 0 aliphatic carbocycles. The van der Waals surface area contributed by atoms with Gasteiger partial charge in [-0.05, 0) is 13.0 Å². The van der Waals surface area contributed by atoms with Crippen LogP contribution < -0.4 is 5.32 Å². The zero-order valence-electron chi connectivity index (χ0n) is 11.8. The van der Waals surface area contributed by atoms with Gasteiger partial charge in [-0.2, -0.15) is 4.98 Å². The monoisotopic (exact) mass is 290 g/mol. The highest BCUT2D eigenvalue weighted by Gasteiger charge is 2.17. The summed E-state index contributed by atoms with van der Waals surface area (Å²) in [6, 6.07) is 4.19. The third-order valence-electron chi connectivity index (χ3n) is 2.85. The van der Waals surface area contributed by atoms with Crippen LogP contribution in [0.15, 0.2) is 22.7 Å². The van der Waals surface area contributed by atoms with Crippen LogP contribution in [0, 0.1) is 17.0 Å². The van der Waals surface area contributed by atoms with Crippen LogP contribution in [-0.4, -0.2) is 21.0 Å². The molecule has 0 spiro atoms. The second kappa shape index (κ2) is 5.70. The molecule has 8 heteroatoms. The van der Waals surface area contributed by atoms with Crippen molar-refractivity contribution >= 4 is 17.6 Å². The number of nitrogens with one attached hydrogen (secondary N) is 1. The molecule has 1 aromatic carbocycles. The fraction of sp³-hybridized carbons (Fsp3) is 0.308. The molecule has 1 aromatic heterocycles. The number of benzene rings is 1. The van der Waals surface area contributed by atoms with Crippen LogP contribution in [0.4, 0.5) is 11.7 Å². The van der Waals surface area contributed by atoms with E-state index in [4.69, 9.17) is 4.52 Å². The number of aromatic nitrogens is 2. The third kappa shape index (κ3) is 3.22. The van der Waals surface area contributed by atoms with Gasteiger partial charge in [-0.15, -0.1) is 0 Å². The second-order valence-corrected chi connectivity index (χ2v) is 4.82. The summed E-state index contributed by atoms with van der Waals surface area (Å²) in [4.78, 5) is 26.4. The van der Waals surface area contributed by atoms with Gasteiger partial charge in [-0.3, -0.25) is 20.2 Å². The lowest BCUT2D eigenvalue weighted by atomic mass is 10.1. The summed E-state index contributed by atoms with van der Waals surface area (Å²) in [6.07, 6.45) is 0. The van der Waals surface area contributed by atoms with Crippen LogP contribution in [0.3, 0.4) is 0 Å². The predicted molar refractivity (Wildman–Crippen MR) is 74.2 cm³/mol. The van der Waals surface area contributed by atoms with E-state index >= 15 is 0 Å².